The van der Waals surface area contributed by atoms with Gasteiger partial charge in [0.15, 0.2) is 0 Å². The fourth-order valence-corrected chi connectivity index (χ4v) is 6.38. The Labute approximate surface area is 342 Å². The number of aromatic carboxylic acids is 1. The summed E-state index contributed by atoms with van der Waals surface area (Å²) in [5.74, 6) is 3.30. The molecule has 0 bridgehead atoms. The van der Waals surface area contributed by atoms with E-state index < -0.39 is 12.1 Å². The summed E-state index contributed by atoms with van der Waals surface area (Å²) in [4.78, 5) is 45.6. The lowest BCUT2D eigenvalue weighted by atomic mass is 9.98. The van der Waals surface area contributed by atoms with Crippen LogP contribution in [-0.2, 0) is 6.42 Å². The van der Waals surface area contributed by atoms with Gasteiger partial charge in [0, 0.05) is 63.9 Å². The van der Waals surface area contributed by atoms with Crippen LogP contribution in [-0.4, -0.2) is 93.6 Å². The van der Waals surface area contributed by atoms with Crippen molar-refractivity contribution in [2.45, 2.75) is 45.1 Å². The van der Waals surface area contributed by atoms with Gasteiger partial charge >= 0.3 is 18.2 Å². The second-order valence-corrected chi connectivity index (χ2v) is 14.2. The Bertz CT molecular complexity index is 2070. The summed E-state index contributed by atoms with van der Waals surface area (Å²) < 4.78 is 28.8. The van der Waals surface area contributed by atoms with E-state index in [4.69, 9.17) is 33.9 Å². The second kappa shape index (κ2) is 21.1. The van der Waals surface area contributed by atoms with Gasteiger partial charge in [0.2, 0.25) is 5.88 Å². The van der Waals surface area contributed by atoms with Crippen molar-refractivity contribution in [1.29, 1.82) is 0 Å². The summed E-state index contributed by atoms with van der Waals surface area (Å²) in [5, 5.41) is 17.6. The number of piperidine rings is 2. The van der Waals surface area contributed by atoms with Crippen LogP contribution in [0.5, 0.6) is 34.6 Å². The predicted octanol–water partition coefficient (Wildman–Crippen LogP) is 8.39. The molecule has 0 spiro atoms. The van der Waals surface area contributed by atoms with Crippen LogP contribution in [0.1, 0.15) is 47.2 Å². The molecular weight excluding hydrogens is 757 g/mol. The number of aryl methyl sites for hydroxylation is 1. The smallest absolute Gasteiger partial charge is 0.415 e. The molecule has 2 aliphatic heterocycles. The van der Waals surface area contributed by atoms with Crippen molar-refractivity contribution in [1.82, 2.24) is 19.8 Å². The van der Waals surface area contributed by atoms with Crippen LogP contribution in [0, 0.1) is 12.8 Å². The highest BCUT2D eigenvalue weighted by Gasteiger charge is 2.26. The fourth-order valence-electron chi connectivity index (χ4n) is 6.38. The second-order valence-electron chi connectivity index (χ2n) is 14.2. The molecule has 2 N–H and O–H groups in total. The molecule has 14 heteroatoms. The van der Waals surface area contributed by atoms with Crippen LogP contribution < -0.4 is 23.7 Å². The molecule has 7 rings (SSSR count). The Hall–Kier alpha value is -6.83. The zero-order chi connectivity index (χ0) is 41.4. The number of carboxylic acid groups (broad SMARTS) is 2. The van der Waals surface area contributed by atoms with Crippen LogP contribution in [0.4, 0.5) is 9.59 Å². The third-order valence-corrected chi connectivity index (χ3v) is 9.83. The molecule has 14 nitrogen and oxygen atoms in total. The molecule has 0 saturated carbocycles. The highest BCUT2D eigenvalue weighted by molar-refractivity contribution is 5.87. The van der Waals surface area contributed by atoms with Crippen LogP contribution in [0.2, 0.25) is 0 Å². The molecule has 5 aromatic rings. The average molecular weight is 805 g/mol. The first-order valence-electron chi connectivity index (χ1n) is 19.6. The normalized spacial score (nSPS) is 14.3. The lowest BCUT2D eigenvalue weighted by molar-refractivity contribution is 0.0696. The van der Waals surface area contributed by atoms with E-state index in [0.717, 1.165) is 54.7 Å². The summed E-state index contributed by atoms with van der Waals surface area (Å²) in [5.41, 5.74) is 2.41. The topological polar surface area (TPSA) is 170 Å². The zero-order valence-corrected chi connectivity index (χ0v) is 32.9. The number of benzene rings is 3. The maximum atomic E-state index is 12.7. The van der Waals surface area contributed by atoms with E-state index in [1.165, 1.54) is 17.0 Å². The van der Waals surface area contributed by atoms with Gasteiger partial charge in [-0.05, 0) is 110 Å². The van der Waals surface area contributed by atoms with E-state index >= 15 is 0 Å². The number of carbonyl (C=O) groups is 3. The number of likely N-dealkylation sites (tertiary alicyclic amines) is 2. The van der Waals surface area contributed by atoms with Gasteiger partial charge in [-0.15, -0.1) is 0 Å². The van der Waals surface area contributed by atoms with Gasteiger partial charge in [0.05, 0.1) is 25.0 Å². The van der Waals surface area contributed by atoms with E-state index in [1.807, 2.05) is 79.7 Å². The van der Waals surface area contributed by atoms with Crippen molar-refractivity contribution in [3.8, 4) is 34.6 Å². The number of pyridine rings is 2. The number of carbonyl (C=O) groups excluding carboxylic acids is 1. The number of carboxylic acids is 1. The van der Waals surface area contributed by atoms with Crippen LogP contribution in [0.25, 0.3) is 0 Å². The van der Waals surface area contributed by atoms with Gasteiger partial charge in [-0.1, -0.05) is 18.2 Å². The first-order chi connectivity index (χ1) is 28.7. The minimum Gasteiger partial charge on any atom is -0.493 e. The van der Waals surface area contributed by atoms with Gasteiger partial charge in [-0.25, -0.2) is 19.4 Å². The van der Waals surface area contributed by atoms with Gasteiger partial charge in [-0.2, -0.15) is 0 Å². The highest BCUT2D eigenvalue weighted by Crippen LogP contribution is 2.26. The summed E-state index contributed by atoms with van der Waals surface area (Å²) in [6.45, 7) is 5.30. The van der Waals surface area contributed by atoms with Crippen LogP contribution in [0.3, 0.4) is 0 Å². The maximum absolute atomic E-state index is 12.7. The lowest BCUT2D eigenvalue weighted by Crippen LogP contribution is -2.43. The molecule has 0 unspecified atom stereocenters. The molecule has 2 aliphatic rings. The van der Waals surface area contributed by atoms with Gasteiger partial charge < -0.3 is 43.7 Å². The Balaban J connectivity index is 0.000000246. The molecule has 2 amide bonds. The largest absolute Gasteiger partial charge is 0.493 e. The molecule has 2 saturated heterocycles. The number of aromatic nitrogens is 2. The number of nitrogens with zero attached hydrogens (tertiary/aromatic N) is 4. The molecule has 0 aliphatic carbocycles. The first-order valence-corrected chi connectivity index (χ1v) is 19.6. The summed E-state index contributed by atoms with van der Waals surface area (Å²) in [6.07, 6.45) is 7.80. The molecule has 0 radical (unpaired) electrons. The summed E-state index contributed by atoms with van der Waals surface area (Å²) in [7, 11) is 0. The number of amides is 2. The van der Waals surface area contributed by atoms with E-state index in [2.05, 4.69) is 9.97 Å². The van der Waals surface area contributed by atoms with Crippen molar-refractivity contribution in [2.24, 2.45) is 5.92 Å². The summed E-state index contributed by atoms with van der Waals surface area (Å²) in [6, 6.07) is 28.8. The van der Waals surface area contributed by atoms with Gasteiger partial charge in [0.25, 0.3) is 0 Å². The Morgan fingerprint density at radius 3 is 1.98 bits per heavy atom. The monoisotopic (exact) mass is 804 g/mol. The molecule has 0 atom stereocenters. The minimum atomic E-state index is -0.961. The SMILES string of the molecule is Cc1ccc(Oc2ccc(OC3CCN(C(=O)Oc4ccc(CCOc5cccnc5)cc4)CC3)cc2)nc1.O=C(O)c1ccc(OCC2CCN(C(=O)O)CC2)cc1. The third-order valence-electron chi connectivity index (χ3n) is 9.83. The number of hydrogen-bond donors (Lipinski definition) is 2. The number of hydrogen-bond acceptors (Lipinski definition) is 10. The van der Waals surface area contributed by atoms with E-state index in [0.29, 0.717) is 68.4 Å². The lowest BCUT2D eigenvalue weighted by Gasteiger charge is -2.31. The Kier molecular flexibility index (Phi) is 14.9. The highest BCUT2D eigenvalue weighted by atomic mass is 16.6. The van der Waals surface area contributed by atoms with Crippen molar-refractivity contribution < 1.29 is 48.3 Å². The van der Waals surface area contributed by atoms with Crippen molar-refractivity contribution in [3.63, 3.8) is 0 Å². The fraction of sp³-hybridized carbons (Fsp3) is 0.311. The predicted molar refractivity (Wildman–Crippen MR) is 218 cm³/mol. The molecule has 59 heavy (non-hydrogen) atoms. The van der Waals surface area contributed by atoms with Crippen molar-refractivity contribution >= 4 is 18.2 Å². The Morgan fingerprint density at radius 2 is 1.36 bits per heavy atom. The van der Waals surface area contributed by atoms with Crippen molar-refractivity contribution in [3.05, 3.63) is 132 Å². The standard InChI is InChI=1S/C31H31N3O5.C14H17NO5/c1-23-4-13-30(33-21-23)38-26-11-9-25(10-12-26)37-28-14-18-34(19-15-28)31(35)39-27-7-5-24(6-8-27)16-20-36-29-3-2-17-32-22-29;16-13(17)11-1-3-12(4-2-11)20-9-10-5-7-15(8-6-10)14(18)19/h2-13,17,21-22,28H,14-16,18-20H2,1H3;1-4,10H,5-9H2,(H,16,17)(H,18,19). The van der Waals surface area contributed by atoms with Crippen LogP contribution in [0.15, 0.2) is 116 Å². The zero-order valence-electron chi connectivity index (χ0n) is 32.9. The average Bonchev–Trinajstić information content (AvgIpc) is 3.26. The minimum absolute atomic E-state index is 0.0350. The number of rotatable bonds is 13. The van der Waals surface area contributed by atoms with E-state index in [1.54, 1.807) is 35.6 Å². The van der Waals surface area contributed by atoms with Gasteiger partial charge in [-0.3, -0.25) is 4.98 Å². The van der Waals surface area contributed by atoms with Crippen LogP contribution >= 0.6 is 0 Å². The molecule has 2 aromatic heterocycles. The molecule has 4 heterocycles. The van der Waals surface area contributed by atoms with E-state index in [9.17, 15) is 14.4 Å². The summed E-state index contributed by atoms with van der Waals surface area (Å²) >= 11 is 0. The molecule has 3 aromatic carbocycles. The Morgan fingerprint density at radius 1 is 0.695 bits per heavy atom. The number of ether oxygens (including phenoxy) is 5. The molecular formula is C45H48N4O10. The maximum Gasteiger partial charge on any atom is 0.415 e. The van der Waals surface area contributed by atoms with Crippen molar-refractivity contribution in [2.75, 3.05) is 39.4 Å². The van der Waals surface area contributed by atoms with Gasteiger partial charge in [0.1, 0.15) is 34.9 Å². The van der Waals surface area contributed by atoms with E-state index in [-0.39, 0.29) is 17.8 Å². The first kappa shape index (κ1) is 41.8. The quantitative estimate of drug-likeness (QED) is 0.117. The third kappa shape index (κ3) is 13.4. The molecule has 2 fully saturated rings. The molecule has 308 valence electrons.